The number of hydrogen-bond acceptors (Lipinski definition) is 6. The Labute approximate surface area is 212 Å². The number of carbonyl (C=O) groups excluding carboxylic acids is 1. The number of aromatic nitrogens is 1. The summed E-state index contributed by atoms with van der Waals surface area (Å²) in [5, 5.41) is 0. The monoisotopic (exact) mass is 514 g/mol. The van der Waals surface area contributed by atoms with Gasteiger partial charge in [0.15, 0.2) is 0 Å². The molecule has 2 saturated heterocycles. The molecule has 2 aliphatic heterocycles. The molecule has 7 nitrogen and oxygen atoms in total. The van der Waals surface area contributed by atoms with Gasteiger partial charge in [-0.15, -0.1) is 0 Å². The van der Waals surface area contributed by atoms with E-state index in [1.54, 1.807) is 6.92 Å². The van der Waals surface area contributed by atoms with Crippen LogP contribution in [0.25, 0.3) is 0 Å². The number of anilines is 1. The lowest BCUT2D eigenvalue weighted by atomic mass is 9.78. The summed E-state index contributed by atoms with van der Waals surface area (Å²) >= 11 is 0. The number of halogens is 3. The summed E-state index contributed by atoms with van der Waals surface area (Å²) in [7, 11) is 0. The molecule has 0 saturated carbocycles. The highest BCUT2D eigenvalue weighted by Crippen LogP contribution is 2.39. The third-order valence-corrected chi connectivity index (χ3v) is 7.07. The van der Waals surface area contributed by atoms with Gasteiger partial charge in [-0.3, -0.25) is 19.5 Å². The van der Waals surface area contributed by atoms with Crippen molar-refractivity contribution in [3.05, 3.63) is 23.9 Å². The highest BCUT2D eigenvalue weighted by atomic mass is 19.4. The molecule has 1 aromatic rings. The van der Waals surface area contributed by atoms with Crippen LogP contribution in [0.5, 0.6) is 0 Å². The fourth-order valence-corrected chi connectivity index (χ4v) is 5.33. The SMILES string of the molecule is CCC(=O)N(CC1(N2CCN(CCOC(C)C)CC2)CCOC(C)(C)C1)c1cccc(C(F)(F)F)n1. The van der Waals surface area contributed by atoms with E-state index < -0.39 is 23.0 Å². The third-order valence-electron chi connectivity index (χ3n) is 7.07. The van der Waals surface area contributed by atoms with Gasteiger partial charge in [0.05, 0.1) is 18.3 Å². The number of amides is 1. The van der Waals surface area contributed by atoms with E-state index in [9.17, 15) is 18.0 Å². The first-order chi connectivity index (χ1) is 16.8. The van der Waals surface area contributed by atoms with Gasteiger partial charge in [-0.05, 0) is 52.7 Å². The molecule has 1 aromatic heterocycles. The van der Waals surface area contributed by atoms with Crippen LogP contribution >= 0.6 is 0 Å². The summed E-state index contributed by atoms with van der Waals surface area (Å²) in [6, 6.07) is 3.75. The first kappa shape index (κ1) is 28.8. The van der Waals surface area contributed by atoms with Crippen LogP contribution in [-0.4, -0.2) is 90.4 Å². The van der Waals surface area contributed by atoms with E-state index in [0.29, 0.717) is 26.1 Å². The Balaban J connectivity index is 1.85. The number of nitrogens with zero attached hydrogens (tertiary/aromatic N) is 4. The highest BCUT2D eigenvalue weighted by molar-refractivity contribution is 5.92. The summed E-state index contributed by atoms with van der Waals surface area (Å²) in [5.74, 6) is -0.195. The highest BCUT2D eigenvalue weighted by Gasteiger charge is 2.47. The number of rotatable bonds is 9. The van der Waals surface area contributed by atoms with E-state index >= 15 is 0 Å². The molecule has 36 heavy (non-hydrogen) atoms. The topological polar surface area (TPSA) is 58.1 Å². The smallest absolute Gasteiger partial charge is 0.377 e. The van der Waals surface area contributed by atoms with Gasteiger partial charge in [0.2, 0.25) is 5.91 Å². The maximum Gasteiger partial charge on any atom is 0.433 e. The predicted octanol–water partition coefficient (Wildman–Crippen LogP) is 4.21. The van der Waals surface area contributed by atoms with Crippen LogP contribution < -0.4 is 4.90 Å². The molecule has 2 aliphatic rings. The molecule has 0 spiro atoms. The largest absolute Gasteiger partial charge is 0.433 e. The van der Waals surface area contributed by atoms with Gasteiger partial charge in [0.25, 0.3) is 0 Å². The second-order valence-corrected chi connectivity index (χ2v) is 10.7. The molecule has 0 aromatic carbocycles. The Kier molecular flexibility index (Phi) is 9.41. The van der Waals surface area contributed by atoms with E-state index in [-0.39, 0.29) is 30.8 Å². The summed E-state index contributed by atoms with van der Waals surface area (Å²) in [5.41, 5.74) is -1.83. The van der Waals surface area contributed by atoms with Gasteiger partial charge in [0, 0.05) is 57.8 Å². The first-order valence-electron chi connectivity index (χ1n) is 12.9. The van der Waals surface area contributed by atoms with Crippen LogP contribution in [-0.2, 0) is 20.4 Å². The van der Waals surface area contributed by atoms with Crippen LogP contribution in [0.1, 0.15) is 59.6 Å². The Morgan fingerprint density at radius 3 is 2.50 bits per heavy atom. The normalized spacial score (nSPS) is 23.7. The second kappa shape index (κ2) is 11.8. The molecule has 3 heterocycles. The van der Waals surface area contributed by atoms with Crippen molar-refractivity contribution < 1.29 is 27.4 Å². The molecule has 1 atom stereocenters. The van der Waals surface area contributed by atoms with Crippen molar-refractivity contribution in [3.63, 3.8) is 0 Å². The minimum absolute atomic E-state index is 0.0461. The maximum absolute atomic E-state index is 13.4. The van der Waals surface area contributed by atoms with Gasteiger partial charge < -0.3 is 9.47 Å². The lowest BCUT2D eigenvalue weighted by molar-refractivity contribution is -0.141. The molecule has 0 N–H and O–H groups in total. The lowest BCUT2D eigenvalue weighted by Crippen LogP contribution is -2.66. The van der Waals surface area contributed by atoms with E-state index in [4.69, 9.17) is 9.47 Å². The molecular formula is C26H41F3N4O3. The second-order valence-electron chi connectivity index (χ2n) is 10.7. The summed E-state index contributed by atoms with van der Waals surface area (Å²) in [6.45, 7) is 15.6. The van der Waals surface area contributed by atoms with Crippen molar-refractivity contribution in [3.8, 4) is 0 Å². The molecule has 10 heteroatoms. The average molecular weight is 515 g/mol. The van der Waals surface area contributed by atoms with Crippen molar-refractivity contribution in [1.29, 1.82) is 0 Å². The Morgan fingerprint density at radius 2 is 1.92 bits per heavy atom. The van der Waals surface area contributed by atoms with E-state index in [0.717, 1.165) is 38.8 Å². The van der Waals surface area contributed by atoms with Gasteiger partial charge in [-0.25, -0.2) is 4.98 Å². The van der Waals surface area contributed by atoms with Crippen LogP contribution in [0.15, 0.2) is 18.2 Å². The Morgan fingerprint density at radius 1 is 1.22 bits per heavy atom. The van der Waals surface area contributed by atoms with Crippen molar-refractivity contribution in [2.45, 2.75) is 77.3 Å². The van der Waals surface area contributed by atoms with E-state index in [1.165, 1.54) is 17.0 Å². The minimum Gasteiger partial charge on any atom is -0.377 e. The summed E-state index contributed by atoms with van der Waals surface area (Å²) in [4.78, 5) is 23.2. The Bertz CT molecular complexity index is 872. The van der Waals surface area contributed by atoms with Gasteiger partial charge in [0.1, 0.15) is 11.5 Å². The lowest BCUT2D eigenvalue weighted by Gasteiger charge is -2.54. The molecule has 204 valence electrons. The van der Waals surface area contributed by atoms with Gasteiger partial charge in [-0.1, -0.05) is 13.0 Å². The predicted molar refractivity (Wildman–Crippen MR) is 133 cm³/mol. The molecular weight excluding hydrogens is 473 g/mol. The zero-order valence-electron chi connectivity index (χ0n) is 22.2. The number of pyridine rings is 1. The number of ether oxygens (including phenoxy) is 2. The maximum atomic E-state index is 13.4. The average Bonchev–Trinajstić information content (AvgIpc) is 2.81. The van der Waals surface area contributed by atoms with Crippen LogP contribution in [0.3, 0.4) is 0 Å². The summed E-state index contributed by atoms with van der Waals surface area (Å²) in [6.07, 6.45) is -2.84. The van der Waals surface area contributed by atoms with Crippen LogP contribution in [0.4, 0.5) is 19.0 Å². The van der Waals surface area contributed by atoms with Crippen molar-refractivity contribution in [2.75, 3.05) is 57.4 Å². The molecule has 3 rings (SSSR count). The molecule has 0 aliphatic carbocycles. The molecule has 2 fully saturated rings. The first-order valence-corrected chi connectivity index (χ1v) is 12.9. The number of hydrogen-bond donors (Lipinski definition) is 0. The fourth-order valence-electron chi connectivity index (χ4n) is 5.33. The molecule has 0 bridgehead atoms. The zero-order valence-corrected chi connectivity index (χ0v) is 22.2. The number of carbonyl (C=O) groups is 1. The Hall–Kier alpha value is -1.75. The van der Waals surface area contributed by atoms with Crippen molar-refractivity contribution >= 4 is 11.7 Å². The number of alkyl halides is 3. The van der Waals surface area contributed by atoms with Gasteiger partial charge in [-0.2, -0.15) is 13.2 Å². The standard InChI is InChI=1S/C26H41F3N4O3/c1-6-23(34)33(22-9-7-8-21(30-22)26(27,28)29)19-25(10-16-36-24(4,5)18-25)32-13-11-31(12-14-32)15-17-35-20(2)3/h7-9,20H,6,10-19H2,1-5H3. The summed E-state index contributed by atoms with van der Waals surface area (Å²) < 4.78 is 51.9. The zero-order chi connectivity index (χ0) is 26.6. The van der Waals surface area contributed by atoms with E-state index in [1.807, 2.05) is 27.7 Å². The molecule has 1 unspecified atom stereocenters. The third kappa shape index (κ3) is 7.40. The van der Waals surface area contributed by atoms with Gasteiger partial charge >= 0.3 is 6.18 Å². The number of piperazine rings is 1. The van der Waals surface area contributed by atoms with Crippen molar-refractivity contribution in [2.24, 2.45) is 0 Å². The van der Waals surface area contributed by atoms with Crippen LogP contribution in [0.2, 0.25) is 0 Å². The quantitative estimate of drug-likeness (QED) is 0.492. The molecule has 1 amide bonds. The van der Waals surface area contributed by atoms with E-state index in [2.05, 4.69) is 14.8 Å². The minimum atomic E-state index is -4.58. The van der Waals surface area contributed by atoms with Crippen molar-refractivity contribution in [1.82, 2.24) is 14.8 Å². The molecule has 0 radical (unpaired) electrons. The van der Waals surface area contributed by atoms with Crippen LogP contribution in [0, 0.1) is 0 Å². The fraction of sp³-hybridized carbons (Fsp3) is 0.769.